The van der Waals surface area contributed by atoms with Gasteiger partial charge in [0.05, 0.1) is 37.8 Å². The summed E-state index contributed by atoms with van der Waals surface area (Å²) in [6.45, 7) is 4.66. The molecule has 12 nitrogen and oxygen atoms in total. The molecule has 0 saturated heterocycles. The van der Waals surface area contributed by atoms with Crippen molar-refractivity contribution < 1.29 is 36.0 Å². The molecule has 212 valence electrons. The smallest absolute Gasteiger partial charge is 0.221 e. The molecule has 2 aromatic carbocycles. The van der Waals surface area contributed by atoms with Crippen molar-refractivity contribution in [1.82, 2.24) is 10.6 Å². The van der Waals surface area contributed by atoms with Gasteiger partial charge >= 0.3 is 0 Å². The third-order valence-corrected chi connectivity index (χ3v) is 9.59. The molecule has 0 heterocycles. The van der Waals surface area contributed by atoms with Gasteiger partial charge < -0.3 is 21.3 Å². The maximum Gasteiger partial charge on any atom is 0.221 e. The van der Waals surface area contributed by atoms with Gasteiger partial charge in [0.15, 0.2) is 9.84 Å². The highest BCUT2D eigenvalue weighted by molar-refractivity contribution is 7.95. The van der Waals surface area contributed by atoms with Crippen molar-refractivity contribution in [3.8, 4) is 0 Å². The predicted molar refractivity (Wildman–Crippen MR) is 147 cm³/mol. The van der Waals surface area contributed by atoms with Crippen LogP contribution in [0.15, 0.2) is 81.1 Å². The van der Waals surface area contributed by atoms with Gasteiger partial charge in [-0.05, 0) is 36.4 Å². The van der Waals surface area contributed by atoms with Gasteiger partial charge in [-0.3, -0.25) is 19.2 Å². The number of benzene rings is 2. The Morgan fingerprint density at radius 1 is 0.625 bits per heavy atom. The van der Waals surface area contributed by atoms with Gasteiger partial charge in [0.2, 0.25) is 33.5 Å². The monoisotopic (exact) mass is 588 g/mol. The molecule has 2 aromatic rings. The van der Waals surface area contributed by atoms with Crippen molar-refractivity contribution in [3.63, 3.8) is 0 Å². The molecule has 1 aliphatic rings. The Balaban J connectivity index is 2.26. The molecule has 0 bridgehead atoms. The molecule has 0 radical (unpaired) electrons. The van der Waals surface area contributed by atoms with E-state index in [1.807, 2.05) is 0 Å². The summed E-state index contributed by atoms with van der Waals surface area (Å²) in [6, 6.07) is 9.77. The molecular weight excluding hydrogens is 560 g/mol. The second-order valence-electron chi connectivity index (χ2n) is 8.89. The summed E-state index contributed by atoms with van der Waals surface area (Å²) < 4.78 is 55.6. The Morgan fingerprint density at radius 3 is 1.60 bits per heavy atom. The fraction of sp³-hybridized carbons (Fsp3) is 0.231. The van der Waals surface area contributed by atoms with E-state index < -0.39 is 59.5 Å². The van der Waals surface area contributed by atoms with E-state index in [2.05, 4.69) is 21.3 Å². The second-order valence-corrected chi connectivity index (χ2v) is 12.8. The van der Waals surface area contributed by atoms with Crippen LogP contribution in [-0.2, 0) is 38.9 Å². The zero-order valence-corrected chi connectivity index (χ0v) is 23.6. The van der Waals surface area contributed by atoms with E-state index in [0.29, 0.717) is 0 Å². The standard InChI is InChI=1S/C26H28N4O8S2/c1-15(31)27-19-9-5-7-11-23(19)39(35,36)25-13-22(30-18(4)34)26(14-21(25)29-17(3)33)40(37,38)24-12-8-6-10-20(24)28-16(2)32/h5-14,21,25H,1-4H3,(H,27,31)(H,28,32)(H,29,33)(H,30,34). The summed E-state index contributed by atoms with van der Waals surface area (Å²) in [6.07, 6.45) is 2.07. The molecule has 2 atom stereocenters. The Labute approximate surface area is 231 Å². The predicted octanol–water partition coefficient (Wildman–Crippen LogP) is 1.64. The lowest BCUT2D eigenvalue weighted by Gasteiger charge is -2.30. The molecule has 40 heavy (non-hydrogen) atoms. The molecular formula is C26H28N4O8S2. The largest absolute Gasteiger partial charge is 0.348 e. The highest BCUT2D eigenvalue weighted by Crippen LogP contribution is 2.36. The number of hydrogen-bond acceptors (Lipinski definition) is 8. The molecule has 1 aliphatic carbocycles. The molecule has 0 aliphatic heterocycles. The first-order valence-electron chi connectivity index (χ1n) is 11.9. The summed E-state index contributed by atoms with van der Waals surface area (Å²) in [4.78, 5) is 46.5. The lowest BCUT2D eigenvalue weighted by Crippen LogP contribution is -2.47. The van der Waals surface area contributed by atoms with Gasteiger partial charge in [-0.2, -0.15) is 0 Å². The van der Waals surface area contributed by atoms with Gasteiger partial charge in [-0.25, -0.2) is 16.8 Å². The third-order valence-electron chi connectivity index (χ3n) is 5.60. The van der Waals surface area contributed by atoms with Crippen molar-refractivity contribution in [2.75, 3.05) is 10.6 Å². The van der Waals surface area contributed by atoms with Crippen molar-refractivity contribution in [2.24, 2.45) is 0 Å². The summed E-state index contributed by atoms with van der Waals surface area (Å²) in [7, 11) is -8.91. The second kappa shape index (κ2) is 11.8. The number of amides is 4. The number of sulfone groups is 2. The lowest BCUT2D eigenvalue weighted by molar-refractivity contribution is -0.120. The van der Waals surface area contributed by atoms with E-state index in [1.165, 1.54) is 62.4 Å². The minimum absolute atomic E-state index is 0.0160. The fourth-order valence-electron chi connectivity index (χ4n) is 4.13. The van der Waals surface area contributed by atoms with E-state index in [1.54, 1.807) is 0 Å². The van der Waals surface area contributed by atoms with Crippen LogP contribution in [0.5, 0.6) is 0 Å². The number of carbonyl (C=O) groups is 4. The SMILES string of the molecule is CC(=O)NC1=CC(S(=O)(=O)c2ccccc2NC(C)=O)C(NC(C)=O)C=C1S(=O)(=O)c1ccccc1NC(C)=O. The maximum absolute atomic E-state index is 13.9. The van der Waals surface area contributed by atoms with Crippen LogP contribution in [0.3, 0.4) is 0 Å². The molecule has 0 aromatic heterocycles. The van der Waals surface area contributed by atoms with E-state index in [4.69, 9.17) is 0 Å². The number of hydrogen-bond donors (Lipinski definition) is 4. The van der Waals surface area contributed by atoms with Gasteiger partial charge in [-0.1, -0.05) is 24.3 Å². The topological polar surface area (TPSA) is 185 Å². The molecule has 4 N–H and O–H groups in total. The van der Waals surface area contributed by atoms with Crippen molar-refractivity contribution >= 4 is 54.7 Å². The van der Waals surface area contributed by atoms with Crippen LogP contribution in [0.25, 0.3) is 0 Å². The zero-order valence-electron chi connectivity index (χ0n) is 22.0. The van der Waals surface area contributed by atoms with Crippen LogP contribution in [0, 0.1) is 0 Å². The Morgan fingerprint density at radius 2 is 1.10 bits per heavy atom. The Bertz CT molecular complexity index is 1660. The Hall–Kier alpha value is -4.30. The molecule has 0 spiro atoms. The first kappa shape index (κ1) is 30.2. The zero-order chi connectivity index (χ0) is 29.8. The number of para-hydroxylation sites is 2. The number of carbonyl (C=O) groups excluding carboxylic acids is 4. The van der Waals surface area contributed by atoms with E-state index in [0.717, 1.165) is 26.0 Å². The highest BCUT2D eigenvalue weighted by atomic mass is 32.2. The number of rotatable bonds is 8. The normalized spacial score (nSPS) is 17.1. The molecule has 2 unspecified atom stereocenters. The molecule has 4 amide bonds. The number of anilines is 2. The van der Waals surface area contributed by atoms with Crippen LogP contribution in [0.1, 0.15) is 27.7 Å². The van der Waals surface area contributed by atoms with Gasteiger partial charge in [-0.15, -0.1) is 0 Å². The molecule has 0 saturated carbocycles. The van der Waals surface area contributed by atoms with E-state index in [9.17, 15) is 36.0 Å². The average molecular weight is 589 g/mol. The van der Waals surface area contributed by atoms with Gasteiger partial charge in [0.25, 0.3) is 0 Å². The average Bonchev–Trinajstić information content (AvgIpc) is 2.83. The van der Waals surface area contributed by atoms with Gasteiger partial charge in [0, 0.05) is 27.7 Å². The quantitative estimate of drug-likeness (QED) is 0.359. The summed E-state index contributed by atoms with van der Waals surface area (Å²) in [5.41, 5.74) is -0.386. The summed E-state index contributed by atoms with van der Waals surface area (Å²) in [5.74, 6) is -2.39. The minimum atomic E-state index is -4.50. The first-order chi connectivity index (χ1) is 18.6. The highest BCUT2D eigenvalue weighted by Gasteiger charge is 2.41. The van der Waals surface area contributed by atoms with Gasteiger partial charge in [0.1, 0.15) is 5.25 Å². The van der Waals surface area contributed by atoms with Crippen molar-refractivity contribution in [1.29, 1.82) is 0 Å². The lowest BCUT2D eigenvalue weighted by atomic mass is 10.1. The summed E-state index contributed by atoms with van der Waals surface area (Å²) >= 11 is 0. The maximum atomic E-state index is 13.9. The van der Waals surface area contributed by atoms with E-state index >= 15 is 0 Å². The Kier molecular flexibility index (Phi) is 8.95. The molecule has 14 heteroatoms. The first-order valence-corrected chi connectivity index (χ1v) is 14.9. The fourth-order valence-corrected chi connectivity index (χ4v) is 7.61. The van der Waals surface area contributed by atoms with Crippen LogP contribution in [0.4, 0.5) is 11.4 Å². The third kappa shape index (κ3) is 6.63. The summed E-state index contributed by atoms with van der Waals surface area (Å²) in [5, 5.41) is 8.16. The van der Waals surface area contributed by atoms with Crippen molar-refractivity contribution in [2.45, 2.75) is 48.8 Å². The van der Waals surface area contributed by atoms with Crippen molar-refractivity contribution in [3.05, 3.63) is 71.3 Å². The molecule has 3 rings (SSSR count). The van der Waals surface area contributed by atoms with Crippen LogP contribution in [0.2, 0.25) is 0 Å². The minimum Gasteiger partial charge on any atom is -0.348 e. The van der Waals surface area contributed by atoms with Crippen LogP contribution in [-0.4, -0.2) is 51.8 Å². The molecule has 0 fully saturated rings. The van der Waals surface area contributed by atoms with Crippen LogP contribution < -0.4 is 21.3 Å². The van der Waals surface area contributed by atoms with Crippen LogP contribution >= 0.6 is 0 Å². The number of nitrogens with one attached hydrogen (secondary N) is 4. The van der Waals surface area contributed by atoms with E-state index in [-0.39, 0.29) is 26.9 Å².